The number of rotatable bonds is 8. The summed E-state index contributed by atoms with van der Waals surface area (Å²) in [6.45, 7) is 6.34. The summed E-state index contributed by atoms with van der Waals surface area (Å²) >= 11 is 0. The Labute approximate surface area is 110 Å². The van der Waals surface area contributed by atoms with Gasteiger partial charge in [-0.2, -0.15) is 0 Å². The molecule has 0 amide bonds. The summed E-state index contributed by atoms with van der Waals surface area (Å²) in [6.07, 6.45) is 1.98. The first-order valence-electron chi connectivity index (χ1n) is 6.71. The quantitative estimate of drug-likeness (QED) is 0.665. The minimum atomic E-state index is 0.255. The predicted octanol–water partition coefficient (Wildman–Crippen LogP) is 2.53. The number of phenolic OH excluding ortho intramolecular Hbond substituents is 1. The summed E-state index contributed by atoms with van der Waals surface area (Å²) in [5, 5.41) is 21.8. The lowest BCUT2D eigenvalue weighted by atomic mass is 9.94. The Balaban J connectivity index is 2.33. The second kappa shape index (κ2) is 8.11. The minimum absolute atomic E-state index is 0.255. The lowest BCUT2D eigenvalue weighted by Gasteiger charge is -2.18. The minimum Gasteiger partial charge on any atom is -0.508 e. The zero-order valence-electron chi connectivity index (χ0n) is 11.4. The van der Waals surface area contributed by atoms with Gasteiger partial charge in [0, 0.05) is 13.2 Å². The smallest absolute Gasteiger partial charge is 0.115 e. The lowest BCUT2D eigenvalue weighted by Crippen LogP contribution is -2.24. The van der Waals surface area contributed by atoms with Crippen LogP contribution < -0.4 is 5.32 Å². The molecule has 0 aliphatic carbocycles. The molecule has 0 radical (unpaired) electrons. The third-order valence-electron chi connectivity index (χ3n) is 3.01. The highest BCUT2D eigenvalue weighted by Crippen LogP contribution is 2.15. The zero-order chi connectivity index (χ0) is 13.4. The first-order valence-corrected chi connectivity index (χ1v) is 6.71. The van der Waals surface area contributed by atoms with Crippen molar-refractivity contribution in [2.24, 2.45) is 11.8 Å². The zero-order valence-corrected chi connectivity index (χ0v) is 11.4. The van der Waals surface area contributed by atoms with Crippen molar-refractivity contribution < 1.29 is 10.2 Å². The van der Waals surface area contributed by atoms with Gasteiger partial charge in [-0.25, -0.2) is 0 Å². The Morgan fingerprint density at radius 1 is 1.28 bits per heavy atom. The molecule has 0 aliphatic heterocycles. The van der Waals surface area contributed by atoms with Gasteiger partial charge in [0.1, 0.15) is 5.75 Å². The van der Waals surface area contributed by atoms with E-state index in [-0.39, 0.29) is 6.61 Å². The van der Waals surface area contributed by atoms with Gasteiger partial charge < -0.3 is 15.5 Å². The van der Waals surface area contributed by atoms with Crippen molar-refractivity contribution in [1.29, 1.82) is 0 Å². The molecule has 0 bridgehead atoms. The molecule has 0 aliphatic rings. The van der Waals surface area contributed by atoms with E-state index in [2.05, 4.69) is 19.2 Å². The monoisotopic (exact) mass is 251 g/mol. The van der Waals surface area contributed by atoms with Crippen molar-refractivity contribution in [3.05, 3.63) is 29.8 Å². The standard InChI is InChI=1S/C15H25NO2/c1-12(2)8-14(6-7-17)11-16-10-13-4-3-5-15(18)9-13/h3-5,9,12,14,16-18H,6-8,10-11H2,1-2H3. The van der Waals surface area contributed by atoms with Gasteiger partial charge in [0.05, 0.1) is 0 Å². The fourth-order valence-corrected chi connectivity index (χ4v) is 2.24. The molecule has 0 saturated heterocycles. The Morgan fingerprint density at radius 3 is 2.67 bits per heavy atom. The maximum absolute atomic E-state index is 9.36. The normalized spacial score (nSPS) is 12.9. The Morgan fingerprint density at radius 2 is 2.06 bits per heavy atom. The van der Waals surface area contributed by atoms with Crippen LogP contribution in [0, 0.1) is 11.8 Å². The third-order valence-corrected chi connectivity index (χ3v) is 3.01. The molecule has 1 atom stereocenters. The molecular formula is C15H25NO2. The van der Waals surface area contributed by atoms with E-state index in [0.29, 0.717) is 17.6 Å². The highest BCUT2D eigenvalue weighted by molar-refractivity contribution is 5.26. The van der Waals surface area contributed by atoms with Crippen LogP contribution in [0.1, 0.15) is 32.3 Å². The maximum atomic E-state index is 9.36. The molecule has 0 aromatic heterocycles. The number of benzene rings is 1. The molecule has 0 heterocycles. The topological polar surface area (TPSA) is 52.5 Å². The summed E-state index contributed by atoms with van der Waals surface area (Å²) in [6, 6.07) is 7.30. The molecule has 1 unspecified atom stereocenters. The molecule has 0 saturated carbocycles. The van der Waals surface area contributed by atoms with Crippen molar-refractivity contribution in [3.63, 3.8) is 0 Å². The Hall–Kier alpha value is -1.06. The number of nitrogens with one attached hydrogen (secondary N) is 1. The molecule has 1 aromatic rings. The highest BCUT2D eigenvalue weighted by Gasteiger charge is 2.10. The number of hydrogen-bond donors (Lipinski definition) is 3. The van der Waals surface area contributed by atoms with Crippen LogP contribution in [0.3, 0.4) is 0 Å². The van der Waals surface area contributed by atoms with E-state index in [0.717, 1.165) is 31.5 Å². The summed E-state index contributed by atoms with van der Waals surface area (Å²) in [5.41, 5.74) is 1.09. The van der Waals surface area contributed by atoms with E-state index < -0.39 is 0 Å². The van der Waals surface area contributed by atoms with Crippen molar-refractivity contribution in [3.8, 4) is 5.75 Å². The van der Waals surface area contributed by atoms with Crippen molar-refractivity contribution in [2.75, 3.05) is 13.2 Å². The predicted molar refractivity (Wildman–Crippen MR) is 74.5 cm³/mol. The van der Waals surface area contributed by atoms with Crippen molar-refractivity contribution in [2.45, 2.75) is 33.2 Å². The van der Waals surface area contributed by atoms with Gasteiger partial charge in [0.2, 0.25) is 0 Å². The highest BCUT2D eigenvalue weighted by atomic mass is 16.3. The summed E-state index contributed by atoms with van der Waals surface area (Å²) in [5.74, 6) is 1.49. The van der Waals surface area contributed by atoms with Gasteiger partial charge in [-0.15, -0.1) is 0 Å². The molecule has 3 nitrogen and oxygen atoms in total. The Bertz CT molecular complexity index is 339. The van der Waals surface area contributed by atoms with Crippen LogP contribution in [0.4, 0.5) is 0 Å². The van der Waals surface area contributed by atoms with E-state index in [9.17, 15) is 5.11 Å². The number of aromatic hydroxyl groups is 1. The summed E-state index contributed by atoms with van der Waals surface area (Å²) < 4.78 is 0. The third kappa shape index (κ3) is 6.03. The van der Waals surface area contributed by atoms with Gasteiger partial charge >= 0.3 is 0 Å². The van der Waals surface area contributed by atoms with E-state index >= 15 is 0 Å². The van der Waals surface area contributed by atoms with Gasteiger partial charge in [0.25, 0.3) is 0 Å². The molecule has 18 heavy (non-hydrogen) atoms. The summed E-state index contributed by atoms with van der Waals surface area (Å²) in [4.78, 5) is 0. The van der Waals surface area contributed by atoms with Crippen molar-refractivity contribution in [1.82, 2.24) is 5.32 Å². The first kappa shape index (κ1) is 15.0. The van der Waals surface area contributed by atoms with Crippen LogP contribution in [0.15, 0.2) is 24.3 Å². The van der Waals surface area contributed by atoms with Crippen LogP contribution in [0.25, 0.3) is 0 Å². The summed E-state index contributed by atoms with van der Waals surface area (Å²) in [7, 11) is 0. The largest absolute Gasteiger partial charge is 0.508 e. The molecule has 1 rings (SSSR count). The number of aliphatic hydroxyl groups excluding tert-OH is 1. The average Bonchev–Trinajstić information content (AvgIpc) is 2.28. The SMILES string of the molecule is CC(C)CC(CCO)CNCc1cccc(O)c1. The Kier molecular flexibility index (Phi) is 6.76. The molecule has 0 spiro atoms. The van der Waals surface area contributed by atoms with Crippen LogP contribution >= 0.6 is 0 Å². The van der Waals surface area contributed by atoms with Gasteiger partial charge in [-0.3, -0.25) is 0 Å². The average molecular weight is 251 g/mol. The van der Waals surface area contributed by atoms with Gasteiger partial charge in [-0.1, -0.05) is 26.0 Å². The fourth-order valence-electron chi connectivity index (χ4n) is 2.24. The van der Waals surface area contributed by atoms with E-state index in [1.165, 1.54) is 0 Å². The van der Waals surface area contributed by atoms with E-state index in [4.69, 9.17) is 5.11 Å². The lowest BCUT2D eigenvalue weighted by molar-refractivity contribution is 0.239. The van der Waals surface area contributed by atoms with Gasteiger partial charge in [0.15, 0.2) is 0 Å². The van der Waals surface area contributed by atoms with Crippen LogP contribution in [-0.2, 0) is 6.54 Å². The second-order valence-corrected chi connectivity index (χ2v) is 5.31. The van der Waals surface area contributed by atoms with Crippen molar-refractivity contribution >= 4 is 0 Å². The van der Waals surface area contributed by atoms with Crippen LogP contribution in [0.5, 0.6) is 5.75 Å². The van der Waals surface area contributed by atoms with Crippen LogP contribution in [-0.4, -0.2) is 23.4 Å². The first-order chi connectivity index (χ1) is 8.61. The molecule has 0 fully saturated rings. The molecule has 102 valence electrons. The molecule has 3 heteroatoms. The van der Waals surface area contributed by atoms with Crippen LogP contribution in [0.2, 0.25) is 0 Å². The fraction of sp³-hybridized carbons (Fsp3) is 0.600. The number of aliphatic hydroxyl groups is 1. The van der Waals surface area contributed by atoms with Gasteiger partial charge in [-0.05, 0) is 48.9 Å². The molecule has 3 N–H and O–H groups in total. The number of phenols is 1. The maximum Gasteiger partial charge on any atom is 0.115 e. The molecule has 1 aromatic carbocycles. The number of hydrogen-bond acceptors (Lipinski definition) is 3. The second-order valence-electron chi connectivity index (χ2n) is 5.31. The van der Waals surface area contributed by atoms with E-state index in [1.807, 2.05) is 12.1 Å². The molecular weight excluding hydrogens is 226 g/mol. The van der Waals surface area contributed by atoms with E-state index in [1.54, 1.807) is 12.1 Å².